The normalized spacial score (nSPS) is 13.6. The predicted molar refractivity (Wildman–Crippen MR) is 79.5 cm³/mol. The summed E-state index contributed by atoms with van der Waals surface area (Å²) in [7, 11) is 0. The predicted octanol–water partition coefficient (Wildman–Crippen LogP) is 2.85. The average molecular weight is 269 g/mol. The molecule has 0 saturated carbocycles. The Morgan fingerprint density at radius 1 is 1.05 bits per heavy atom. The van der Waals surface area contributed by atoms with E-state index < -0.39 is 6.10 Å². The Labute approximate surface area is 119 Å². The maximum Gasteiger partial charge on any atom is 0.251 e. The van der Waals surface area contributed by atoms with Crippen molar-refractivity contribution in [3.8, 4) is 0 Å². The first kappa shape index (κ1) is 14.3. The monoisotopic (exact) mass is 269 g/mol. The Morgan fingerprint density at radius 2 is 1.65 bits per heavy atom. The number of hydrogen-bond acceptors (Lipinski definition) is 2. The molecule has 20 heavy (non-hydrogen) atoms. The third-order valence-electron chi connectivity index (χ3n) is 3.38. The second kappa shape index (κ2) is 6.35. The quantitative estimate of drug-likeness (QED) is 0.896. The number of carbonyl (C=O) groups excluding carboxylic acids is 1. The number of aliphatic hydroxyl groups is 1. The minimum atomic E-state index is -0.719. The molecule has 0 aromatic heterocycles. The van der Waals surface area contributed by atoms with Crippen molar-refractivity contribution in [2.75, 3.05) is 0 Å². The first-order valence-electron chi connectivity index (χ1n) is 6.69. The molecule has 3 nitrogen and oxygen atoms in total. The number of amides is 1. The summed E-state index contributed by atoms with van der Waals surface area (Å²) in [6, 6.07) is 16.3. The molecular weight excluding hydrogens is 250 g/mol. The molecule has 2 aromatic carbocycles. The zero-order valence-electron chi connectivity index (χ0n) is 11.7. The van der Waals surface area contributed by atoms with E-state index in [4.69, 9.17) is 0 Å². The molecule has 2 rings (SSSR count). The van der Waals surface area contributed by atoms with Gasteiger partial charge in [-0.1, -0.05) is 42.5 Å². The van der Waals surface area contributed by atoms with E-state index in [9.17, 15) is 9.90 Å². The van der Waals surface area contributed by atoms with E-state index in [2.05, 4.69) is 5.32 Å². The number of nitrogens with one attached hydrogen (secondary N) is 1. The van der Waals surface area contributed by atoms with Crippen LogP contribution in [0.15, 0.2) is 54.6 Å². The Balaban J connectivity index is 2.07. The number of hydrogen-bond donors (Lipinski definition) is 2. The average Bonchev–Trinajstić information content (AvgIpc) is 2.48. The van der Waals surface area contributed by atoms with Gasteiger partial charge in [-0.3, -0.25) is 4.79 Å². The van der Waals surface area contributed by atoms with Crippen molar-refractivity contribution >= 4 is 5.91 Å². The number of aryl methyl sites for hydroxylation is 1. The standard InChI is InChI=1S/C17H19NO2/c1-12-8-6-7-11-15(12)16(19)13(2)18-17(20)14-9-4-3-5-10-14/h3-11,13,16,19H,1-2H3,(H,18,20)/t13-,16-/m0/s1. The van der Waals surface area contributed by atoms with Gasteiger partial charge in [0.25, 0.3) is 5.91 Å². The molecule has 1 amide bonds. The number of benzene rings is 2. The highest BCUT2D eigenvalue weighted by molar-refractivity contribution is 5.94. The van der Waals surface area contributed by atoms with Crippen molar-refractivity contribution in [1.29, 1.82) is 0 Å². The van der Waals surface area contributed by atoms with Crippen LogP contribution >= 0.6 is 0 Å². The summed E-state index contributed by atoms with van der Waals surface area (Å²) in [6.07, 6.45) is -0.719. The lowest BCUT2D eigenvalue weighted by Gasteiger charge is -2.22. The van der Waals surface area contributed by atoms with Crippen LogP contribution in [0.25, 0.3) is 0 Å². The van der Waals surface area contributed by atoms with Gasteiger partial charge < -0.3 is 10.4 Å². The first-order valence-corrected chi connectivity index (χ1v) is 6.69. The molecule has 0 aliphatic carbocycles. The van der Waals surface area contributed by atoms with Crippen LogP contribution in [0.3, 0.4) is 0 Å². The van der Waals surface area contributed by atoms with Crippen LogP contribution in [-0.2, 0) is 0 Å². The Morgan fingerprint density at radius 3 is 2.30 bits per heavy atom. The van der Waals surface area contributed by atoms with Crippen molar-refractivity contribution in [2.45, 2.75) is 26.0 Å². The van der Waals surface area contributed by atoms with Gasteiger partial charge >= 0.3 is 0 Å². The van der Waals surface area contributed by atoms with Crippen LogP contribution in [0, 0.1) is 6.92 Å². The molecule has 0 saturated heterocycles. The lowest BCUT2D eigenvalue weighted by atomic mass is 9.98. The smallest absolute Gasteiger partial charge is 0.251 e. The molecule has 3 heteroatoms. The fourth-order valence-electron chi connectivity index (χ4n) is 2.15. The maximum absolute atomic E-state index is 12.1. The minimum Gasteiger partial charge on any atom is -0.386 e. The van der Waals surface area contributed by atoms with Crippen LogP contribution in [0.2, 0.25) is 0 Å². The largest absolute Gasteiger partial charge is 0.386 e. The fraction of sp³-hybridized carbons (Fsp3) is 0.235. The fourth-order valence-corrected chi connectivity index (χ4v) is 2.15. The molecule has 0 bridgehead atoms. The van der Waals surface area contributed by atoms with E-state index in [-0.39, 0.29) is 11.9 Å². The third-order valence-corrected chi connectivity index (χ3v) is 3.38. The van der Waals surface area contributed by atoms with Gasteiger partial charge in [0.05, 0.1) is 12.1 Å². The van der Waals surface area contributed by atoms with Gasteiger partial charge in [-0.25, -0.2) is 0 Å². The van der Waals surface area contributed by atoms with E-state index in [0.29, 0.717) is 5.56 Å². The minimum absolute atomic E-state index is 0.175. The Bertz CT molecular complexity index is 581. The number of rotatable bonds is 4. The van der Waals surface area contributed by atoms with Crippen molar-refractivity contribution < 1.29 is 9.90 Å². The molecule has 0 spiro atoms. The van der Waals surface area contributed by atoms with Crippen LogP contribution in [0.4, 0.5) is 0 Å². The molecule has 104 valence electrons. The highest BCUT2D eigenvalue weighted by atomic mass is 16.3. The van der Waals surface area contributed by atoms with Crippen molar-refractivity contribution in [3.05, 3.63) is 71.3 Å². The van der Waals surface area contributed by atoms with Gasteiger partial charge in [-0.2, -0.15) is 0 Å². The maximum atomic E-state index is 12.1. The zero-order chi connectivity index (χ0) is 14.5. The highest BCUT2D eigenvalue weighted by Gasteiger charge is 2.20. The van der Waals surface area contributed by atoms with Crippen LogP contribution in [0.1, 0.15) is 34.5 Å². The molecule has 0 unspecified atom stereocenters. The highest BCUT2D eigenvalue weighted by Crippen LogP contribution is 2.20. The number of aliphatic hydroxyl groups excluding tert-OH is 1. The Hall–Kier alpha value is -2.13. The third kappa shape index (κ3) is 3.25. The molecular formula is C17H19NO2. The van der Waals surface area contributed by atoms with Crippen LogP contribution in [-0.4, -0.2) is 17.1 Å². The summed E-state index contributed by atoms with van der Waals surface area (Å²) < 4.78 is 0. The first-order chi connectivity index (χ1) is 9.59. The van der Waals surface area contributed by atoms with Gasteiger partial charge in [0.15, 0.2) is 0 Å². The van der Waals surface area contributed by atoms with Crippen LogP contribution in [0.5, 0.6) is 0 Å². The van der Waals surface area contributed by atoms with Gasteiger partial charge in [0.2, 0.25) is 0 Å². The second-order valence-corrected chi connectivity index (χ2v) is 4.93. The van der Waals surface area contributed by atoms with Gasteiger partial charge in [0, 0.05) is 5.56 Å². The molecule has 0 heterocycles. The summed E-state index contributed by atoms with van der Waals surface area (Å²) in [5.41, 5.74) is 2.45. The van der Waals surface area contributed by atoms with Gasteiger partial charge in [-0.15, -0.1) is 0 Å². The summed E-state index contributed by atoms with van der Waals surface area (Å²) in [5.74, 6) is -0.175. The summed E-state index contributed by atoms with van der Waals surface area (Å²) >= 11 is 0. The Kier molecular flexibility index (Phi) is 4.53. The van der Waals surface area contributed by atoms with E-state index in [1.54, 1.807) is 19.1 Å². The van der Waals surface area contributed by atoms with E-state index in [0.717, 1.165) is 11.1 Å². The summed E-state index contributed by atoms with van der Waals surface area (Å²) in [6.45, 7) is 3.75. The zero-order valence-corrected chi connectivity index (χ0v) is 11.7. The van der Waals surface area contributed by atoms with Gasteiger partial charge in [0.1, 0.15) is 0 Å². The van der Waals surface area contributed by atoms with Crippen molar-refractivity contribution in [1.82, 2.24) is 5.32 Å². The van der Waals surface area contributed by atoms with Crippen LogP contribution < -0.4 is 5.32 Å². The molecule has 2 N–H and O–H groups in total. The summed E-state index contributed by atoms with van der Waals surface area (Å²) in [4.78, 5) is 12.1. The lowest BCUT2D eigenvalue weighted by molar-refractivity contribution is 0.0851. The second-order valence-electron chi connectivity index (χ2n) is 4.93. The van der Waals surface area contributed by atoms with Crippen molar-refractivity contribution in [2.24, 2.45) is 0 Å². The topological polar surface area (TPSA) is 49.3 Å². The van der Waals surface area contributed by atoms with Gasteiger partial charge in [-0.05, 0) is 37.1 Å². The van der Waals surface area contributed by atoms with E-state index >= 15 is 0 Å². The molecule has 2 atom stereocenters. The SMILES string of the molecule is Cc1ccccc1[C@@H](O)[C@H](C)NC(=O)c1ccccc1. The van der Waals surface area contributed by atoms with Crippen molar-refractivity contribution in [3.63, 3.8) is 0 Å². The molecule has 0 radical (unpaired) electrons. The molecule has 2 aromatic rings. The molecule has 0 aliphatic heterocycles. The lowest BCUT2D eigenvalue weighted by Crippen LogP contribution is -2.37. The molecule has 0 fully saturated rings. The van der Waals surface area contributed by atoms with E-state index in [1.165, 1.54) is 0 Å². The van der Waals surface area contributed by atoms with E-state index in [1.807, 2.05) is 49.4 Å². The molecule has 0 aliphatic rings. The summed E-state index contributed by atoms with van der Waals surface area (Å²) in [5, 5.41) is 13.2. The number of carbonyl (C=O) groups is 1.